The Hall–Kier alpha value is -0.550. The van der Waals surface area contributed by atoms with Crippen molar-refractivity contribution in [3.05, 3.63) is 35.1 Å². The van der Waals surface area contributed by atoms with Crippen LogP contribution in [0.3, 0.4) is 0 Å². The van der Waals surface area contributed by atoms with E-state index in [-0.39, 0.29) is 35.1 Å². The minimum atomic E-state index is -1.11. The maximum Gasteiger partial charge on any atom is 1.00 e. The van der Waals surface area contributed by atoms with E-state index in [1.165, 1.54) is 44.3 Å². The second-order valence-electron chi connectivity index (χ2n) is 6.87. The third-order valence-corrected chi connectivity index (χ3v) is 5.30. The third kappa shape index (κ3) is 6.28. The van der Waals surface area contributed by atoms with Gasteiger partial charge in [0.05, 0.1) is 5.97 Å². The fourth-order valence-electron chi connectivity index (χ4n) is 3.75. The first-order valence-corrected chi connectivity index (χ1v) is 9.31. The van der Waals surface area contributed by atoms with Crippen molar-refractivity contribution in [2.24, 2.45) is 0 Å². The van der Waals surface area contributed by atoms with Crippen molar-refractivity contribution < 1.29 is 39.5 Å². The average Bonchev–Trinajstić information content (AvgIpc) is 3.12. The minimum Gasteiger partial charge on any atom is -0.545 e. The molecule has 0 atom stereocenters. The molecule has 2 saturated heterocycles. The number of carbonyl (C=O) groups is 1. The molecule has 0 radical (unpaired) electrons. The second kappa shape index (κ2) is 11.2. The third-order valence-electron chi connectivity index (χ3n) is 5.30. The van der Waals surface area contributed by atoms with Crippen LogP contribution in [0.2, 0.25) is 0 Å². The van der Waals surface area contributed by atoms with E-state index in [9.17, 15) is 9.90 Å². The predicted octanol–water partition coefficient (Wildman–Crippen LogP) is -0.513. The summed E-state index contributed by atoms with van der Waals surface area (Å²) in [7, 11) is 0. The first-order valence-electron chi connectivity index (χ1n) is 9.31. The summed E-state index contributed by atoms with van der Waals surface area (Å²) < 4.78 is 0. The standard InChI is InChI=1S/C20H32N2O2.Na/c1-4-8-17(20(23)24)15-19(16(3)5-2)22-13-9-18(10-14-22)21-11-6-7-12-21;/h4,8,15,18H,5-7,9-14H2,1-3H3,(H,23,24);/q;+1/p-1/b8-4-,17-15+,19-16-;. The van der Waals surface area contributed by atoms with Gasteiger partial charge in [0.1, 0.15) is 0 Å². The second-order valence-corrected chi connectivity index (χ2v) is 6.87. The number of hydrogen-bond acceptors (Lipinski definition) is 4. The van der Waals surface area contributed by atoms with Gasteiger partial charge in [0.25, 0.3) is 0 Å². The zero-order valence-electron chi connectivity index (χ0n) is 16.4. The molecule has 134 valence electrons. The van der Waals surface area contributed by atoms with Gasteiger partial charge in [-0.2, -0.15) is 0 Å². The molecule has 2 fully saturated rings. The number of carboxylic acids is 1. The van der Waals surface area contributed by atoms with E-state index in [1.54, 1.807) is 18.2 Å². The molecule has 0 unspecified atom stereocenters. The number of carboxylic acid groups (broad SMARTS) is 1. The Morgan fingerprint density at radius 2 is 1.76 bits per heavy atom. The van der Waals surface area contributed by atoms with Gasteiger partial charge >= 0.3 is 29.6 Å². The molecule has 0 spiro atoms. The normalized spacial score (nSPS) is 21.4. The van der Waals surface area contributed by atoms with Gasteiger partial charge < -0.3 is 19.7 Å². The summed E-state index contributed by atoms with van der Waals surface area (Å²) >= 11 is 0. The number of carbonyl (C=O) groups excluding carboxylic acids is 1. The molecular formula is C20H31N2NaO2. The smallest absolute Gasteiger partial charge is 0.545 e. The fourth-order valence-corrected chi connectivity index (χ4v) is 3.75. The van der Waals surface area contributed by atoms with Crippen molar-refractivity contribution >= 4 is 5.97 Å². The molecule has 25 heavy (non-hydrogen) atoms. The summed E-state index contributed by atoms with van der Waals surface area (Å²) in [6.45, 7) is 10.5. The number of hydrogen-bond donors (Lipinski definition) is 0. The SMILES string of the molecule is C\C=C/C(=C\C(=C(/C)CC)N1CCC(N2CCCC2)CC1)C(=O)[O-].[Na+]. The van der Waals surface area contributed by atoms with Gasteiger partial charge in [-0.25, -0.2) is 0 Å². The Labute approximate surface area is 174 Å². The molecule has 0 amide bonds. The largest absolute Gasteiger partial charge is 1.00 e. The maximum atomic E-state index is 11.4. The number of nitrogens with zero attached hydrogens (tertiary/aromatic N) is 2. The van der Waals surface area contributed by atoms with E-state index in [0.29, 0.717) is 6.04 Å². The van der Waals surface area contributed by atoms with Gasteiger partial charge in [-0.05, 0) is 70.7 Å². The van der Waals surface area contributed by atoms with Gasteiger partial charge in [0, 0.05) is 24.8 Å². The van der Waals surface area contributed by atoms with Crippen molar-refractivity contribution in [3.8, 4) is 0 Å². The van der Waals surface area contributed by atoms with Crippen LogP contribution in [0.15, 0.2) is 35.1 Å². The molecule has 0 saturated carbocycles. The van der Waals surface area contributed by atoms with Crippen LogP contribution in [0.25, 0.3) is 0 Å². The van der Waals surface area contributed by atoms with Crippen LogP contribution >= 0.6 is 0 Å². The van der Waals surface area contributed by atoms with Crippen molar-refractivity contribution in [1.82, 2.24) is 9.80 Å². The molecule has 2 aliphatic rings. The number of likely N-dealkylation sites (tertiary alicyclic amines) is 2. The summed E-state index contributed by atoms with van der Waals surface area (Å²) in [6.07, 6.45) is 11.1. The molecule has 2 heterocycles. The van der Waals surface area contributed by atoms with Gasteiger partial charge in [-0.15, -0.1) is 0 Å². The molecule has 0 N–H and O–H groups in total. The molecule has 5 heteroatoms. The average molecular weight is 354 g/mol. The predicted molar refractivity (Wildman–Crippen MR) is 96.3 cm³/mol. The van der Waals surface area contributed by atoms with Crippen LogP contribution < -0.4 is 34.7 Å². The molecule has 4 nitrogen and oxygen atoms in total. The van der Waals surface area contributed by atoms with E-state index in [4.69, 9.17) is 0 Å². The van der Waals surface area contributed by atoms with Gasteiger partial charge in [-0.3, -0.25) is 0 Å². The molecule has 2 aliphatic heterocycles. The van der Waals surface area contributed by atoms with Crippen molar-refractivity contribution in [3.63, 3.8) is 0 Å². The molecular weight excluding hydrogens is 323 g/mol. The van der Waals surface area contributed by atoms with E-state index in [1.807, 2.05) is 6.92 Å². The topological polar surface area (TPSA) is 46.6 Å². The summed E-state index contributed by atoms with van der Waals surface area (Å²) in [6, 6.07) is 0.701. The molecule has 0 aromatic heterocycles. The number of piperidine rings is 1. The summed E-state index contributed by atoms with van der Waals surface area (Å²) in [5, 5.41) is 11.4. The number of allylic oxidation sites excluding steroid dienone is 3. The van der Waals surface area contributed by atoms with E-state index < -0.39 is 5.97 Å². The van der Waals surface area contributed by atoms with Gasteiger partial charge in [0.15, 0.2) is 0 Å². The number of rotatable bonds is 6. The van der Waals surface area contributed by atoms with E-state index in [0.717, 1.165) is 25.2 Å². The molecule has 2 rings (SSSR count). The Morgan fingerprint density at radius 3 is 2.24 bits per heavy atom. The zero-order valence-corrected chi connectivity index (χ0v) is 18.4. The Balaban J connectivity index is 0.00000312. The Morgan fingerprint density at radius 1 is 1.16 bits per heavy atom. The summed E-state index contributed by atoms with van der Waals surface area (Å²) in [5.41, 5.74) is 2.55. The fraction of sp³-hybridized carbons (Fsp3) is 0.650. The Kier molecular flexibility index (Phi) is 10.1. The quantitative estimate of drug-likeness (QED) is 0.366. The Bertz CT molecular complexity index is 526. The number of aliphatic carboxylic acids is 1. The van der Waals surface area contributed by atoms with Gasteiger partial charge in [-0.1, -0.05) is 24.6 Å². The van der Waals surface area contributed by atoms with Crippen LogP contribution in [-0.4, -0.2) is 48.0 Å². The van der Waals surface area contributed by atoms with Crippen LogP contribution in [0, 0.1) is 0 Å². The summed E-state index contributed by atoms with van der Waals surface area (Å²) in [4.78, 5) is 16.4. The van der Waals surface area contributed by atoms with Crippen LogP contribution in [-0.2, 0) is 4.79 Å². The molecule has 0 aromatic carbocycles. The molecule has 0 bridgehead atoms. The van der Waals surface area contributed by atoms with Crippen molar-refractivity contribution in [1.29, 1.82) is 0 Å². The molecule has 0 aliphatic carbocycles. The molecule has 0 aromatic rings. The van der Waals surface area contributed by atoms with Crippen LogP contribution in [0.1, 0.15) is 52.9 Å². The minimum absolute atomic E-state index is 0. The van der Waals surface area contributed by atoms with Crippen LogP contribution in [0.5, 0.6) is 0 Å². The van der Waals surface area contributed by atoms with E-state index >= 15 is 0 Å². The zero-order chi connectivity index (χ0) is 17.5. The van der Waals surface area contributed by atoms with Crippen molar-refractivity contribution in [2.75, 3.05) is 26.2 Å². The van der Waals surface area contributed by atoms with Gasteiger partial charge in [0.2, 0.25) is 0 Å². The van der Waals surface area contributed by atoms with Crippen LogP contribution in [0.4, 0.5) is 0 Å². The first kappa shape index (κ1) is 22.5. The van der Waals surface area contributed by atoms with Crippen molar-refractivity contribution in [2.45, 2.75) is 58.9 Å². The summed E-state index contributed by atoms with van der Waals surface area (Å²) in [5.74, 6) is -1.11. The maximum absolute atomic E-state index is 11.4. The monoisotopic (exact) mass is 354 g/mol. The van der Waals surface area contributed by atoms with E-state index in [2.05, 4.69) is 23.6 Å². The first-order chi connectivity index (χ1) is 11.6.